The van der Waals surface area contributed by atoms with Crippen LogP contribution in [0.1, 0.15) is 81.8 Å². The first-order valence-corrected chi connectivity index (χ1v) is 18.0. The number of carbonyl (C=O) groups excluding carboxylic acids is 4. The van der Waals surface area contributed by atoms with Gasteiger partial charge in [-0.3, -0.25) is 19.2 Å². The number of benzene rings is 1. The molecule has 2 fully saturated rings. The minimum atomic E-state index is -1.03. The molecule has 2 aliphatic heterocycles. The van der Waals surface area contributed by atoms with E-state index in [9.17, 15) is 24.3 Å². The molecule has 0 saturated carbocycles. The molecule has 50 heavy (non-hydrogen) atoms. The second kappa shape index (κ2) is 15.6. The van der Waals surface area contributed by atoms with Crippen molar-refractivity contribution in [3.8, 4) is 10.4 Å². The van der Waals surface area contributed by atoms with E-state index in [0.29, 0.717) is 32.5 Å². The zero-order valence-corrected chi connectivity index (χ0v) is 30.3. The molecular weight excluding hydrogens is 659 g/mol. The van der Waals surface area contributed by atoms with Crippen molar-refractivity contribution in [1.82, 2.24) is 30.5 Å². The third-order valence-electron chi connectivity index (χ3n) is 9.35. The van der Waals surface area contributed by atoms with Crippen LogP contribution in [-0.2, 0) is 19.1 Å². The summed E-state index contributed by atoms with van der Waals surface area (Å²) in [6, 6.07) is 5.62. The summed E-state index contributed by atoms with van der Waals surface area (Å²) in [5.74, 6) is -1.89. The number of aromatic nitrogens is 3. The number of likely N-dealkylation sites (tertiary alicyclic amines) is 1. The topological polar surface area (TPSA) is 167 Å². The number of aliphatic hydroxyl groups excluding tert-OH is 1. The summed E-state index contributed by atoms with van der Waals surface area (Å²) in [5.41, 5.74) is 4.71. The lowest BCUT2D eigenvalue weighted by atomic mass is 9.85. The van der Waals surface area contributed by atoms with Crippen LogP contribution in [0.25, 0.3) is 10.4 Å². The van der Waals surface area contributed by atoms with Crippen molar-refractivity contribution in [2.75, 3.05) is 31.1 Å². The number of rotatable bonds is 10. The molecule has 0 aliphatic carbocycles. The van der Waals surface area contributed by atoms with Gasteiger partial charge in [0.1, 0.15) is 12.1 Å². The van der Waals surface area contributed by atoms with E-state index >= 15 is 0 Å². The van der Waals surface area contributed by atoms with Crippen LogP contribution in [0, 0.1) is 18.3 Å². The number of aliphatic hydroxyl groups is 1. The van der Waals surface area contributed by atoms with Crippen molar-refractivity contribution >= 4 is 40.7 Å². The molecule has 2 aromatic heterocycles. The molecule has 1 aromatic carbocycles. The zero-order chi connectivity index (χ0) is 36.2. The van der Waals surface area contributed by atoms with Gasteiger partial charge in [0.25, 0.3) is 5.91 Å². The van der Waals surface area contributed by atoms with Crippen LogP contribution in [0.2, 0.25) is 0 Å². The molecule has 1 unspecified atom stereocenters. The third kappa shape index (κ3) is 8.47. The Balaban J connectivity index is 1.22. The number of amides is 3. The molecular formula is C36H47N7O6S. The van der Waals surface area contributed by atoms with Gasteiger partial charge in [0, 0.05) is 26.1 Å². The van der Waals surface area contributed by atoms with Crippen LogP contribution in [0.3, 0.4) is 0 Å². The number of anilines is 1. The lowest BCUT2D eigenvalue weighted by Gasteiger charge is -2.35. The van der Waals surface area contributed by atoms with Crippen LogP contribution in [0.15, 0.2) is 42.2 Å². The van der Waals surface area contributed by atoms with E-state index in [1.54, 1.807) is 30.7 Å². The molecule has 3 N–H and O–H groups in total. The molecule has 2 aliphatic rings. The van der Waals surface area contributed by atoms with Crippen LogP contribution >= 0.6 is 11.3 Å². The van der Waals surface area contributed by atoms with Crippen LogP contribution in [0.5, 0.6) is 0 Å². The van der Waals surface area contributed by atoms with Gasteiger partial charge in [0.15, 0.2) is 0 Å². The number of piperidine rings is 1. The van der Waals surface area contributed by atoms with Crippen LogP contribution < -0.4 is 15.5 Å². The number of thiazole rings is 1. The lowest BCUT2D eigenvalue weighted by molar-refractivity contribution is -0.148. The van der Waals surface area contributed by atoms with E-state index in [0.717, 1.165) is 27.4 Å². The number of carbonyl (C=O) groups is 4. The minimum absolute atomic E-state index is 0.0330. The molecule has 4 atom stereocenters. The van der Waals surface area contributed by atoms with Gasteiger partial charge in [0.2, 0.25) is 17.6 Å². The van der Waals surface area contributed by atoms with Gasteiger partial charge in [0.05, 0.1) is 58.8 Å². The van der Waals surface area contributed by atoms with Crippen LogP contribution in [0.4, 0.5) is 5.69 Å². The molecule has 5 rings (SSSR count). The number of nitrogens with zero attached hydrogens (tertiary/aromatic N) is 5. The Morgan fingerprint density at radius 2 is 1.70 bits per heavy atom. The highest BCUT2D eigenvalue weighted by Gasteiger charge is 2.45. The third-order valence-corrected chi connectivity index (χ3v) is 10.3. The average molecular weight is 706 g/mol. The molecule has 268 valence electrons. The van der Waals surface area contributed by atoms with Gasteiger partial charge >= 0.3 is 5.97 Å². The SMILES string of the molecule is CCOC(=O)C1CCN(c2cnc(C(=O)NC(C(=O)N3C[C@H](O)C[C@H]3C(=O)N[C@@H](C)c3ccc(-c4scnc4C)cc3)C(C)(C)C)nc2)CC1. The minimum Gasteiger partial charge on any atom is -0.466 e. The zero-order valence-electron chi connectivity index (χ0n) is 29.5. The lowest BCUT2D eigenvalue weighted by Crippen LogP contribution is -2.58. The van der Waals surface area contributed by atoms with Crippen molar-refractivity contribution < 1.29 is 29.0 Å². The molecule has 14 heteroatoms. The number of esters is 1. The van der Waals surface area contributed by atoms with Crippen molar-refractivity contribution in [2.24, 2.45) is 11.3 Å². The Bertz CT molecular complexity index is 1660. The molecule has 2 saturated heterocycles. The van der Waals surface area contributed by atoms with E-state index < -0.39 is 35.4 Å². The Hall–Kier alpha value is -4.43. The molecule has 0 bridgehead atoms. The van der Waals surface area contributed by atoms with Gasteiger partial charge in [-0.25, -0.2) is 15.0 Å². The summed E-state index contributed by atoms with van der Waals surface area (Å²) >= 11 is 1.57. The van der Waals surface area contributed by atoms with E-state index in [1.165, 1.54) is 4.90 Å². The number of hydrogen-bond donors (Lipinski definition) is 3. The fraction of sp³-hybridized carbons (Fsp3) is 0.528. The van der Waals surface area contributed by atoms with E-state index in [-0.39, 0.29) is 42.6 Å². The highest BCUT2D eigenvalue weighted by atomic mass is 32.1. The maximum absolute atomic E-state index is 14.1. The Labute approximate surface area is 296 Å². The molecule has 3 amide bonds. The monoisotopic (exact) mass is 705 g/mol. The first-order valence-electron chi connectivity index (χ1n) is 17.1. The van der Waals surface area contributed by atoms with Crippen LogP contribution in [-0.4, -0.2) is 93.1 Å². The van der Waals surface area contributed by atoms with Gasteiger partial charge in [-0.15, -0.1) is 11.3 Å². The predicted octanol–water partition coefficient (Wildman–Crippen LogP) is 3.67. The predicted molar refractivity (Wildman–Crippen MR) is 189 cm³/mol. The summed E-state index contributed by atoms with van der Waals surface area (Å²) < 4.78 is 5.15. The van der Waals surface area contributed by atoms with E-state index in [4.69, 9.17) is 4.74 Å². The number of nitrogens with one attached hydrogen (secondary N) is 2. The molecule has 13 nitrogen and oxygen atoms in total. The Morgan fingerprint density at radius 1 is 1.04 bits per heavy atom. The first-order chi connectivity index (χ1) is 23.8. The standard InChI is InChI=1S/C36H47N7O6S/c1-7-49-35(48)25-12-14-42(15-13-25)26-17-37-31(38-18-26)33(46)41-30(36(4,5)6)34(47)43-19-27(44)16-28(43)32(45)40-21(2)23-8-10-24(11-9-23)29-22(3)39-20-50-29/h8-11,17-18,20-21,25,27-28,30,44H,7,12-16,19H2,1-6H3,(H,40,45)(H,41,46)/t21-,27+,28-,30?/m0/s1. The van der Waals surface area contributed by atoms with E-state index in [1.807, 2.05) is 64.4 Å². The van der Waals surface area contributed by atoms with Gasteiger partial charge in [-0.2, -0.15) is 0 Å². The molecule has 4 heterocycles. The largest absolute Gasteiger partial charge is 0.466 e. The fourth-order valence-electron chi connectivity index (χ4n) is 6.45. The number of aryl methyl sites for hydroxylation is 1. The normalized spacial score (nSPS) is 19.5. The summed E-state index contributed by atoms with van der Waals surface area (Å²) in [5, 5.41) is 16.4. The highest BCUT2D eigenvalue weighted by molar-refractivity contribution is 7.13. The second-order valence-corrected chi connectivity index (χ2v) is 14.9. The number of ether oxygens (including phenoxy) is 1. The van der Waals surface area contributed by atoms with Crippen molar-refractivity contribution in [3.05, 3.63) is 59.3 Å². The van der Waals surface area contributed by atoms with E-state index in [2.05, 4.69) is 30.5 Å². The number of hydrogen-bond acceptors (Lipinski definition) is 11. The summed E-state index contributed by atoms with van der Waals surface area (Å²) in [4.78, 5) is 70.5. The Morgan fingerprint density at radius 3 is 2.28 bits per heavy atom. The maximum Gasteiger partial charge on any atom is 0.309 e. The summed E-state index contributed by atoms with van der Waals surface area (Å²) in [6.45, 7) is 12.7. The smallest absolute Gasteiger partial charge is 0.309 e. The van der Waals surface area contributed by atoms with Gasteiger partial charge in [-0.05, 0) is 50.2 Å². The number of β-amino-alcohol motifs (C(OH)–C–C–N with tert-alkyl or cyclic N) is 1. The first kappa shape index (κ1) is 36.8. The maximum atomic E-state index is 14.1. The van der Waals surface area contributed by atoms with Crippen molar-refractivity contribution in [2.45, 2.75) is 85.0 Å². The van der Waals surface area contributed by atoms with Gasteiger partial charge < -0.3 is 30.3 Å². The second-order valence-electron chi connectivity index (χ2n) is 14.1. The Kier molecular flexibility index (Phi) is 11.5. The summed E-state index contributed by atoms with van der Waals surface area (Å²) in [7, 11) is 0. The average Bonchev–Trinajstić information content (AvgIpc) is 3.71. The van der Waals surface area contributed by atoms with Crippen molar-refractivity contribution in [3.63, 3.8) is 0 Å². The molecule has 0 radical (unpaired) electrons. The fourth-order valence-corrected chi connectivity index (χ4v) is 7.26. The molecule has 0 spiro atoms. The highest BCUT2D eigenvalue weighted by Crippen LogP contribution is 2.30. The summed E-state index contributed by atoms with van der Waals surface area (Å²) in [6.07, 6.45) is 3.63. The molecule has 3 aromatic rings. The van der Waals surface area contributed by atoms with Crippen molar-refractivity contribution in [1.29, 1.82) is 0 Å². The van der Waals surface area contributed by atoms with Gasteiger partial charge in [-0.1, -0.05) is 45.0 Å². The quantitative estimate of drug-likeness (QED) is 0.265.